The molecule has 0 fully saturated rings. The van der Waals surface area contributed by atoms with Crippen LogP contribution in [0.4, 0.5) is 14.9 Å². The standard InChI is InChI=1S/C17H13FN4O4/c18-12-5-1-11(2-6-12)15-21-22(17(25)26-15)9-14(23)10-3-7-13(8-4-10)20-16(19)24/h1-8H,9H2,(H3,19,20,24). The molecule has 0 bridgehead atoms. The molecule has 26 heavy (non-hydrogen) atoms. The van der Waals surface area contributed by atoms with Crippen molar-refractivity contribution in [3.8, 4) is 11.5 Å². The number of Topliss-reactive ketones (excluding diaryl/α,β-unsaturated/α-hetero) is 1. The third-order valence-electron chi connectivity index (χ3n) is 3.47. The predicted molar refractivity (Wildman–Crippen MR) is 90.1 cm³/mol. The predicted octanol–water partition coefficient (Wildman–Crippen LogP) is 2.02. The minimum Gasteiger partial charge on any atom is -0.388 e. The number of anilines is 1. The Morgan fingerprint density at radius 3 is 2.38 bits per heavy atom. The van der Waals surface area contributed by atoms with E-state index in [1.807, 2.05) is 0 Å². The Bertz CT molecular complexity index is 1010. The molecular weight excluding hydrogens is 343 g/mol. The molecule has 3 aromatic rings. The Morgan fingerprint density at radius 2 is 1.77 bits per heavy atom. The molecular formula is C17H13FN4O4. The van der Waals surface area contributed by atoms with E-state index in [1.165, 1.54) is 48.5 Å². The van der Waals surface area contributed by atoms with Gasteiger partial charge >= 0.3 is 11.8 Å². The number of ketones is 1. The summed E-state index contributed by atoms with van der Waals surface area (Å²) in [5.41, 5.74) is 6.17. The highest BCUT2D eigenvalue weighted by molar-refractivity contribution is 5.96. The second-order valence-corrected chi connectivity index (χ2v) is 5.33. The minimum atomic E-state index is -0.801. The number of aromatic nitrogens is 2. The van der Waals surface area contributed by atoms with Gasteiger partial charge in [-0.25, -0.2) is 14.0 Å². The SMILES string of the molecule is NC(=O)Nc1ccc(C(=O)Cn2nc(-c3ccc(F)cc3)oc2=O)cc1. The highest BCUT2D eigenvalue weighted by Crippen LogP contribution is 2.16. The molecule has 8 nitrogen and oxygen atoms in total. The number of hydrogen-bond acceptors (Lipinski definition) is 5. The van der Waals surface area contributed by atoms with Gasteiger partial charge in [0, 0.05) is 16.8 Å². The molecule has 2 aromatic carbocycles. The van der Waals surface area contributed by atoms with Crippen molar-refractivity contribution in [1.29, 1.82) is 0 Å². The smallest absolute Gasteiger partial charge is 0.388 e. The molecule has 0 spiro atoms. The molecule has 9 heteroatoms. The third-order valence-corrected chi connectivity index (χ3v) is 3.47. The van der Waals surface area contributed by atoms with Crippen LogP contribution in [0, 0.1) is 5.82 Å². The maximum absolute atomic E-state index is 13.0. The Kier molecular flexibility index (Phi) is 4.61. The van der Waals surface area contributed by atoms with Crippen LogP contribution in [0.1, 0.15) is 10.4 Å². The second-order valence-electron chi connectivity index (χ2n) is 5.33. The van der Waals surface area contributed by atoms with E-state index in [0.717, 1.165) is 4.68 Å². The fourth-order valence-corrected chi connectivity index (χ4v) is 2.22. The van der Waals surface area contributed by atoms with Crippen LogP contribution in [0.2, 0.25) is 0 Å². The van der Waals surface area contributed by atoms with E-state index in [9.17, 15) is 18.8 Å². The van der Waals surface area contributed by atoms with Gasteiger partial charge in [0.05, 0.1) is 0 Å². The molecule has 132 valence electrons. The zero-order valence-corrected chi connectivity index (χ0v) is 13.3. The minimum absolute atomic E-state index is 0.0104. The second kappa shape index (κ2) is 7.01. The van der Waals surface area contributed by atoms with Crippen molar-refractivity contribution >= 4 is 17.5 Å². The first-order valence-corrected chi connectivity index (χ1v) is 7.46. The van der Waals surface area contributed by atoms with Gasteiger partial charge in [-0.05, 0) is 48.5 Å². The number of carbonyl (C=O) groups is 2. The number of amides is 2. The fourth-order valence-electron chi connectivity index (χ4n) is 2.22. The zero-order valence-electron chi connectivity index (χ0n) is 13.3. The molecule has 3 rings (SSSR count). The number of carbonyl (C=O) groups excluding carboxylic acids is 2. The Hall–Kier alpha value is -3.75. The summed E-state index contributed by atoms with van der Waals surface area (Å²) in [6, 6.07) is 10.5. The largest absolute Gasteiger partial charge is 0.437 e. The Labute approximate surface area is 146 Å². The average Bonchev–Trinajstić information content (AvgIpc) is 2.96. The normalized spacial score (nSPS) is 10.5. The van der Waals surface area contributed by atoms with Gasteiger partial charge in [-0.15, -0.1) is 5.10 Å². The number of benzene rings is 2. The number of nitrogens with zero attached hydrogens (tertiary/aromatic N) is 2. The maximum atomic E-state index is 13.0. The molecule has 0 unspecified atom stereocenters. The van der Waals surface area contributed by atoms with Gasteiger partial charge in [0.25, 0.3) is 0 Å². The van der Waals surface area contributed by atoms with E-state index in [-0.39, 0.29) is 18.2 Å². The first-order chi connectivity index (χ1) is 12.4. The zero-order chi connectivity index (χ0) is 18.7. The van der Waals surface area contributed by atoms with E-state index >= 15 is 0 Å². The number of primary amides is 1. The molecule has 0 radical (unpaired) electrons. The van der Waals surface area contributed by atoms with Crippen LogP contribution in [-0.2, 0) is 6.54 Å². The lowest BCUT2D eigenvalue weighted by molar-refractivity contribution is 0.0965. The van der Waals surface area contributed by atoms with E-state index in [2.05, 4.69) is 10.4 Å². The van der Waals surface area contributed by atoms with Gasteiger partial charge in [-0.3, -0.25) is 4.79 Å². The maximum Gasteiger partial charge on any atom is 0.437 e. The topological polar surface area (TPSA) is 120 Å². The number of hydrogen-bond donors (Lipinski definition) is 2. The number of rotatable bonds is 5. The van der Waals surface area contributed by atoms with Crippen molar-refractivity contribution < 1.29 is 18.4 Å². The Morgan fingerprint density at radius 1 is 1.12 bits per heavy atom. The van der Waals surface area contributed by atoms with E-state index in [1.54, 1.807) is 0 Å². The summed E-state index contributed by atoms with van der Waals surface area (Å²) in [7, 11) is 0. The molecule has 2 amide bonds. The molecule has 0 atom stereocenters. The highest BCUT2D eigenvalue weighted by atomic mass is 19.1. The van der Waals surface area contributed by atoms with Crippen molar-refractivity contribution in [2.45, 2.75) is 6.54 Å². The summed E-state index contributed by atoms with van der Waals surface area (Å²) >= 11 is 0. The Balaban J connectivity index is 1.76. The van der Waals surface area contributed by atoms with Gasteiger partial charge in [-0.2, -0.15) is 4.68 Å². The van der Waals surface area contributed by atoms with Crippen LogP contribution < -0.4 is 16.8 Å². The van der Waals surface area contributed by atoms with Crippen LogP contribution in [0.25, 0.3) is 11.5 Å². The lowest BCUT2D eigenvalue weighted by Crippen LogP contribution is -2.22. The summed E-state index contributed by atoms with van der Waals surface area (Å²) in [6.07, 6.45) is 0. The van der Waals surface area contributed by atoms with E-state index < -0.39 is 17.6 Å². The van der Waals surface area contributed by atoms with Crippen LogP contribution in [-0.4, -0.2) is 21.6 Å². The molecule has 1 heterocycles. The van der Waals surface area contributed by atoms with E-state index in [4.69, 9.17) is 10.2 Å². The lowest BCUT2D eigenvalue weighted by atomic mass is 10.1. The summed E-state index contributed by atoms with van der Waals surface area (Å²) < 4.78 is 18.8. The number of halogens is 1. The fraction of sp³-hybridized carbons (Fsp3) is 0.0588. The summed E-state index contributed by atoms with van der Waals surface area (Å²) in [6.45, 7) is -0.327. The molecule has 0 aliphatic heterocycles. The van der Waals surface area contributed by atoms with Crippen molar-refractivity contribution in [1.82, 2.24) is 9.78 Å². The van der Waals surface area contributed by atoms with Gasteiger partial charge in [-0.1, -0.05) is 0 Å². The molecule has 0 saturated carbocycles. The quantitative estimate of drug-likeness (QED) is 0.678. The molecule has 3 N–H and O–H groups in total. The van der Waals surface area contributed by atoms with Crippen LogP contribution in [0.5, 0.6) is 0 Å². The van der Waals surface area contributed by atoms with Crippen molar-refractivity contribution in [3.05, 3.63) is 70.5 Å². The van der Waals surface area contributed by atoms with E-state index in [0.29, 0.717) is 16.8 Å². The molecule has 0 aliphatic rings. The summed E-state index contributed by atoms with van der Waals surface area (Å²) in [5.74, 6) is -1.62. The number of nitrogens with two attached hydrogens (primary N) is 1. The van der Waals surface area contributed by atoms with Crippen LogP contribution >= 0.6 is 0 Å². The molecule has 1 aromatic heterocycles. The summed E-state index contributed by atoms with van der Waals surface area (Å²) in [4.78, 5) is 34.9. The first kappa shape index (κ1) is 17.1. The van der Waals surface area contributed by atoms with Gasteiger partial charge in [0.1, 0.15) is 12.4 Å². The average molecular weight is 356 g/mol. The number of urea groups is 1. The third kappa shape index (κ3) is 3.83. The van der Waals surface area contributed by atoms with Gasteiger partial charge < -0.3 is 15.5 Å². The van der Waals surface area contributed by atoms with Crippen LogP contribution in [0.3, 0.4) is 0 Å². The molecule has 0 saturated heterocycles. The lowest BCUT2D eigenvalue weighted by Gasteiger charge is -2.03. The van der Waals surface area contributed by atoms with Crippen molar-refractivity contribution in [2.24, 2.45) is 5.73 Å². The van der Waals surface area contributed by atoms with Crippen molar-refractivity contribution in [2.75, 3.05) is 5.32 Å². The van der Waals surface area contributed by atoms with Gasteiger partial charge in [0.15, 0.2) is 5.78 Å². The monoisotopic (exact) mass is 356 g/mol. The molecule has 0 aliphatic carbocycles. The van der Waals surface area contributed by atoms with Crippen LogP contribution in [0.15, 0.2) is 57.7 Å². The highest BCUT2D eigenvalue weighted by Gasteiger charge is 2.14. The summed E-state index contributed by atoms with van der Waals surface area (Å²) in [5, 5.41) is 6.33. The van der Waals surface area contributed by atoms with Gasteiger partial charge in [0.2, 0.25) is 5.89 Å². The first-order valence-electron chi connectivity index (χ1n) is 7.46. The van der Waals surface area contributed by atoms with Crippen molar-refractivity contribution in [3.63, 3.8) is 0 Å². The number of nitrogens with one attached hydrogen (secondary N) is 1.